The molecule has 1 aliphatic heterocycles. The first-order valence-corrected chi connectivity index (χ1v) is 7.52. The van der Waals surface area contributed by atoms with Crippen molar-refractivity contribution in [1.82, 2.24) is 0 Å². The second-order valence-corrected chi connectivity index (χ2v) is 6.02. The molecule has 0 fully saturated rings. The van der Waals surface area contributed by atoms with Gasteiger partial charge in [-0.05, 0) is 31.4 Å². The van der Waals surface area contributed by atoms with Crippen LogP contribution in [0.15, 0.2) is 29.5 Å². The van der Waals surface area contributed by atoms with Crippen LogP contribution in [-0.2, 0) is 9.53 Å². The summed E-state index contributed by atoms with van der Waals surface area (Å²) in [6.07, 6.45) is 1.92. The summed E-state index contributed by atoms with van der Waals surface area (Å²) in [5, 5.41) is 17.5. The Hall–Kier alpha value is -2.41. The first-order chi connectivity index (χ1) is 10.5. The van der Waals surface area contributed by atoms with E-state index < -0.39 is 5.92 Å². The highest BCUT2D eigenvalue weighted by atomic mass is 16.5. The first kappa shape index (κ1) is 14.5. The highest BCUT2D eigenvalue weighted by Gasteiger charge is 2.42. The molecule has 1 N–H and O–H groups in total. The minimum Gasteiger partial charge on any atom is -0.446 e. The molecule has 1 heterocycles. The van der Waals surface area contributed by atoms with Crippen molar-refractivity contribution >= 4 is 11.7 Å². The van der Waals surface area contributed by atoms with E-state index in [0.29, 0.717) is 24.2 Å². The molecule has 0 saturated heterocycles. The Morgan fingerprint density at radius 1 is 1.32 bits per heavy atom. The Morgan fingerprint density at radius 3 is 2.77 bits per heavy atom. The Balaban J connectivity index is 2.21. The van der Waals surface area contributed by atoms with Gasteiger partial charge in [0.2, 0.25) is 5.90 Å². The predicted octanol–water partition coefficient (Wildman–Crippen LogP) is 3.54. The third kappa shape index (κ3) is 2.23. The molecular weight excluding hydrogens is 276 g/mol. The van der Waals surface area contributed by atoms with E-state index in [9.17, 15) is 10.1 Å². The molecule has 0 amide bonds. The molecule has 1 aliphatic carbocycles. The van der Waals surface area contributed by atoms with E-state index in [1.54, 1.807) is 0 Å². The first-order valence-electron chi connectivity index (χ1n) is 7.52. The van der Waals surface area contributed by atoms with E-state index in [4.69, 9.17) is 10.1 Å². The maximum atomic E-state index is 12.4. The van der Waals surface area contributed by atoms with Crippen molar-refractivity contribution in [3.8, 4) is 6.07 Å². The van der Waals surface area contributed by atoms with Crippen molar-refractivity contribution in [3.05, 3.63) is 46.2 Å². The van der Waals surface area contributed by atoms with Crippen LogP contribution in [0.3, 0.4) is 0 Å². The number of Topliss-reactive ketones (excluding diaryl/α,β-unsaturated/α-hetero) is 1. The van der Waals surface area contributed by atoms with E-state index in [-0.39, 0.29) is 17.6 Å². The number of benzene rings is 1. The zero-order valence-corrected chi connectivity index (χ0v) is 12.8. The Morgan fingerprint density at radius 2 is 2.09 bits per heavy atom. The van der Waals surface area contributed by atoms with Crippen LogP contribution in [0.4, 0.5) is 0 Å². The molecule has 1 aromatic rings. The van der Waals surface area contributed by atoms with E-state index in [1.807, 2.05) is 26.0 Å². The van der Waals surface area contributed by atoms with Crippen LogP contribution in [-0.4, -0.2) is 11.7 Å². The van der Waals surface area contributed by atoms with Gasteiger partial charge in [-0.2, -0.15) is 5.26 Å². The standard InChI is InChI=1S/C18H18N2O2/c1-10-6-7-12(11(2)8-10)16-13(9-19)18(20)22-15-5-3-4-14(21)17(15)16/h6-8,13,16,20H,3-5H2,1-2H3. The largest absolute Gasteiger partial charge is 0.446 e. The highest BCUT2D eigenvalue weighted by molar-refractivity contribution is 6.01. The Labute approximate surface area is 129 Å². The van der Waals surface area contributed by atoms with Crippen LogP contribution in [0.25, 0.3) is 0 Å². The van der Waals surface area contributed by atoms with Gasteiger partial charge < -0.3 is 4.74 Å². The average Bonchev–Trinajstić information content (AvgIpc) is 2.46. The topological polar surface area (TPSA) is 73.9 Å². The minimum atomic E-state index is -0.734. The average molecular weight is 294 g/mol. The van der Waals surface area contributed by atoms with Gasteiger partial charge in [0.25, 0.3) is 0 Å². The summed E-state index contributed by atoms with van der Waals surface area (Å²) in [6, 6.07) is 8.18. The molecule has 22 heavy (non-hydrogen) atoms. The van der Waals surface area contributed by atoms with Crippen LogP contribution >= 0.6 is 0 Å². The molecule has 1 aromatic carbocycles. The summed E-state index contributed by atoms with van der Waals surface area (Å²) in [5.74, 6) is -0.505. The zero-order valence-electron chi connectivity index (χ0n) is 12.8. The Kier molecular flexibility index (Phi) is 3.58. The molecule has 0 bridgehead atoms. The summed E-state index contributed by atoms with van der Waals surface area (Å²) >= 11 is 0. The van der Waals surface area contributed by atoms with Crippen LogP contribution in [0, 0.1) is 36.5 Å². The maximum Gasteiger partial charge on any atom is 0.205 e. The van der Waals surface area contributed by atoms with E-state index in [1.165, 1.54) is 0 Å². The summed E-state index contributed by atoms with van der Waals surface area (Å²) in [7, 11) is 0. The molecule has 0 spiro atoms. The van der Waals surface area contributed by atoms with Gasteiger partial charge in [0.15, 0.2) is 5.78 Å². The summed E-state index contributed by atoms with van der Waals surface area (Å²) in [4.78, 5) is 12.4. The van der Waals surface area contributed by atoms with Crippen LogP contribution in [0.5, 0.6) is 0 Å². The number of hydrogen-bond donors (Lipinski definition) is 1. The number of aryl methyl sites for hydroxylation is 2. The number of allylic oxidation sites excluding steroid dienone is 2. The van der Waals surface area contributed by atoms with E-state index >= 15 is 0 Å². The zero-order chi connectivity index (χ0) is 15.9. The molecule has 2 unspecified atom stereocenters. The fourth-order valence-corrected chi connectivity index (χ4v) is 3.44. The molecule has 0 aromatic heterocycles. The molecule has 0 saturated carbocycles. The van der Waals surface area contributed by atoms with Crippen molar-refractivity contribution in [1.29, 1.82) is 10.7 Å². The number of nitriles is 1. The van der Waals surface area contributed by atoms with Crippen molar-refractivity contribution < 1.29 is 9.53 Å². The number of nitrogens with one attached hydrogen (secondary N) is 1. The highest BCUT2D eigenvalue weighted by Crippen LogP contribution is 2.44. The predicted molar refractivity (Wildman–Crippen MR) is 82.5 cm³/mol. The molecule has 2 atom stereocenters. The summed E-state index contributed by atoms with van der Waals surface area (Å²) in [6.45, 7) is 4.00. The lowest BCUT2D eigenvalue weighted by Gasteiger charge is -2.34. The van der Waals surface area contributed by atoms with E-state index in [0.717, 1.165) is 23.1 Å². The van der Waals surface area contributed by atoms with Gasteiger partial charge in [-0.15, -0.1) is 0 Å². The normalized spacial score (nSPS) is 24.6. The van der Waals surface area contributed by atoms with Gasteiger partial charge in [0, 0.05) is 24.3 Å². The molecule has 2 aliphatic rings. The number of hydrogen-bond acceptors (Lipinski definition) is 4. The van der Waals surface area contributed by atoms with Crippen LogP contribution in [0.2, 0.25) is 0 Å². The van der Waals surface area contributed by atoms with Crippen LogP contribution in [0.1, 0.15) is 41.9 Å². The van der Waals surface area contributed by atoms with Gasteiger partial charge in [0.1, 0.15) is 11.7 Å². The van der Waals surface area contributed by atoms with Gasteiger partial charge in [-0.1, -0.05) is 23.8 Å². The smallest absolute Gasteiger partial charge is 0.205 e. The van der Waals surface area contributed by atoms with Crippen molar-refractivity contribution in [2.75, 3.05) is 0 Å². The maximum absolute atomic E-state index is 12.4. The number of rotatable bonds is 1. The SMILES string of the molecule is Cc1ccc(C2C3=C(CCCC3=O)OC(=N)C2C#N)c(C)c1. The lowest BCUT2D eigenvalue weighted by molar-refractivity contribution is -0.116. The quantitative estimate of drug-likeness (QED) is 0.860. The van der Waals surface area contributed by atoms with Gasteiger partial charge in [0.05, 0.1) is 6.07 Å². The van der Waals surface area contributed by atoms with Crippen molar-refractivity contribution in [2.24, 2.45) is 5.92 Å². The number of nitrogens with zero attached hydrogens (tertiary/aromatic N) is 1. The summed E-state index contributed by atoms with van der Waals surface area (Å²) < 4.78 is 5.50. The monoisotopic (exact) mass is 294 g/mol. The number of carbonyl (C=O) groups is 1. The van der Waals surface area contributed by atoms with Crippen LogP contribution < -0.4 is 0 Å². The van der Waals surface area contributed by atoms with Gasteiger partial charge in [-0.3, -0.25) is 10.2 Å². The lowest BCUT2D eigenvalue weighted by Crippen LogP contribution is -2.34. The van der Waals surface area contributed by atoms with E-state index in [2.05, 4.69) is 12.1 Å². The molecule has 112 valence electrons. The fourth-order valence-electron chi connectivity index (χ4n) is 3.44. The fraction of sp³-hybridized carbons (Fsp3) is 0.389. The molecule has 0 radical (unpaired) electrons. The Bertz CT molecular complexity index is 740. The molecule has 4 nitrogen and oxygen atoms in total. The second kappa shape index (κ2) is 5.42. The van der Waals surface area contributed by atoms with Gasteiger partial charge in [-0.25, -0.2) is 0 Å². The van der Waals surface area contributed by atoms with Gasteiger partial charge >= 0.3 is 0 Å². The second-order valence-electron chi connectivity index (χ2n) is 6.02. The summed E-state index contributed by atoms with van der Waals surface area (Å²) in [5.41, 5.74) is 3.75. The minimum absolute atomic E-state index is 0.0408. The number of ketones is 1. The lowest BCUT2D eigenvalue weighted by atomic mass is 9.73. The molecule has 4 heteroatoms. The third-order valence-corrected chi connectivity index (χ3v) is 4.47. The van der Waals surface area contributed by atoms with Crippen molar-refractivity contribution in [3.63, 3.8) is 0 Å². The number of ether oxygens (including phenoxy) is 1. The molecular formula is C18H18N2O2. The third-order valence-electron chi connectivity index (χ3n) is 4.47. The number of carbonyl (C=O) groups excluding carboxylic acids is 1. The van der Waals surface area contributed by atoms with Crippen molar-refractivity contribution in [2.45, 2.75) is 39.0 Å². The molecule has 3 rings (SSSR count).